The van der Waals surface area contributed by atoms with Gasteiger partial charge in [-0.05, 0) is 61.8 Å². The molecule has 0 radical (unpaired) electrons. The highest BCUT2D eigenvalue weighted by Crippen LogP contribution is 2.54. The fourth-order valence-electron chi connectivity index (χ4n) is 6.72. The molecule has 3 amide bonds. The van der Waals surface area contributed by atoms with Crippen LogP contribution in [0, 0.1) is 16.7 Å². The highest BCUT2D eigenvalue weighted by molar-refractivity contribution is 6.25. The Morgan fingerprint density at radius 3 is 2.30 bits per heavy atom. The van der Waals surface area contributed by atoms with E-state index in [4.69, 9.17) is 5.73 Å². The van der Waals surface area contributed by atoms with Crippen molar-refractivity contribution in [2.24, 2.45) is 22.7 Å². The maximum Gasteiger partial charge on any atom is 0.323 e. The molecular formula is C30H32N6O8. The molecule has 0 heterocycles. The zero-order valence-electron chi connectivity index (χ0n) is 24.4. The number of likely N-dealkylation sites (N-methyl/N-ethyl adjacent to an activating group) is 1. The molecule has 44 heavy (non-hydrogen) atoms. The summed E-state index contributed by atoms with van der Waals surface area (Å²) in [5.74, 6) is -6.70. The summed E-state index contributed by atoms with van der Waals surface area (Å²) in [4.78, 5) is 68.4. The van der Waals surface area contributed by atoms with Crippen LogP contribution in [0.15, 0.2) is 64.2 Å². The second-order valence-corrected chi connectivity index (χ2v) is 11.5. The van der Waals surface area contributed by atoms with Gasteiger partial charge in [-0.3, -0.25) is 19.3 Å². The van der Waals surface area contributed by atoms with Crippen LogP contribution in [0.25, 0.3) is 0 Å². The Morgan fingerprint density at radius 1 is 1.07 bits per heavy atom. The number of nitrogens with zero attached hydrogens (tertiary/aromatic N) is 3. The number of phenolic OH excluding ortho intramolecular Hbond substituents is 1. The van der Waals surface area contributed by atoms with Crippen LogP contribution < -0.4 is 21.3 Å². The molecule has 0 bridgehead atoms. The first-order valence-electron chi connectivity index (χ1n) is 13.7. The maximum atomic E-state index is 14.2. The summed E-state index contributed by atoms with van der Waals surface area (Å²) >= 11 is 0. The lowest BCUT2D eigenvalue weighted by atomic mass is 9.58. The third-order valence-electron chi connectivity index (χ3n) is 8.55. The topological polar surface area (TPSA) is 215 Å². The van der Waals surface area contributed by atoms with Gasteiger partial charge in [-0.1, -0.05) is 18.2 Å². The average molecular weight is 605 g/mol. The minimum absolute atomic E-state index is 0.0617. The second-order valence-electron chi connectivity index (χ2n) is 11.5. The number of aromatic hydroxyl groups is 1. The van der Waals surface area contributed by atoms with Gasteiger partial charge in [-0.15, -0.1) is 4.91 Å². The van der Waals surface area contributed by atoms with Gasteiger partial charge in [0.05, 0.1) is 17.3 Å². The maximum absolute atomic E-state index is 14.2. The summed E-state index contributed by atoms with van der Waals surface area (Å²) in [5, 5.41) is 42.4. The number of para-hydroxylation sites is 1. The fourth-order valence-corrected chi connectivity index (χ4v) is 6.72. The number of carbonyl (C=O) groups excluding carboxylic acids is 4. The molecule has 3 aliphatic carbocycles. The molecule has 4 atom stereocenters. The molecular weight excluding hydrogens is 572 g/mol. The number of primary amides is 1. The largest absolute Gasteiger partial charge is 0.510 e. The highest BCUT2D eigenvalue weighted by Gasteiger charge is 2.63. The number of aliphatic hydroxyl groups excluding tert-OH is 1. The molecule has 14 nitrogen and oxygen atoms in total. The lowest BCUT2D eigenvalue weighted by molar-refractivity contribution is -0.144. The van der Waals surface area contributed by atoms with Crippen LogP contribution in [0.5, 0.6) is 5.75 Å². The van der Waals surface area contributed by atoms with E-state index in [2.05, 4.69) is 15.8 Å². The van der Waals surface area contributed by atoms with Crippen molar-refractivity contribution in [1.82, 2.24) is 4.90 Å². The Balaban J connectivity index is 1.67. The number of ketones is 2. The molecule has 2 aromatic carbocycles. The average Bonchev–Trinajstić information content (AvgIpc) is 2.94. The van der Waals surface area contributed by atoms with E-state index in [1.54, 1.807) is 63.4 Å². The van der Waals surface area contributed by atoms with Crippen LogP contribution in [0.4, 0.5) is 21.9 Å². The summed E-state index contributed by atoms with van der Waals surface area (Å²) in [6.07, 6.45) is 0.0227. The number of benzene rings is 2. The first-order valence-corrected chi connectivity index (χ1v) is 13.7. The van der Waals surface area contributed by atoms with Crippen molar-refractivity contribution in [3.63, 3.8) is 0 Å². The van der Waals surface area contributed by atoms with E-state index in [0.29, 0.717) is 16.9 Å². The van der Waals surface area contributed by atoms with Crippen LogP contribution in [-0.2, 0) is 16.0 Å². The molecule has 0 saturated heterocycles. The Kier molecular flexibility index (Phi) is 7.51. The number of hydrogen-bond donors (Lipinski definition) is 6. The zero-order valence-corrected chi connectivity index (χ0v) is 24.4. The number of hydrogen-bond acceptors (Lipinski definition) is 11. The van der Waals surface area contributed by atoms with Crippen LogP contribution >= 0.6 is 0 Å². The number of phenols is 1. The third-order valence-corrected chi connectivity index (χ3v) is 8.55. The number of rotatable bonds is 6. The summed E-state index contributed by atoms with van der Waals surface area (Å²) in [7, 11) is 6.53. The summed E-state index contributed by atoms with van der Waals surface area (Å²) in [5.41, 5.74) is 1.68. The molecule has 5 rings (SSSR count). The number of anilines is 3. The van der Waals surface area contributed by atoms with E-state index in [1.807, 2.05) is 0 Å². The quantitative estimate of drug-likeness (QED) is 0.160. The second kappa shape index (κ2) is 10.9. The lowest BCUT2D eigenvalue weighted by Gasteiger charge is -2.50. The van der Waals surface area contributed by atoms with E-state index in [-0.39, 0.29) is 29.7 Å². The number of fused-ring (bicyclic) bond motifs is 3. The number of carbonyl (C=O) groups is 4. The van der Waals surface area contributed by atoms with Crippen molar-refractivity contribution in [3.05, 3.63) is 75.0 Å². The van der Waals surface area contributed by atoms with Gasteiger partial charge in [0.1, 0.15) is 17.0 Å². The Bertz CT molecular complexity index is 1680. The number of urea groups is 1. The summed E-state index contributed by atoms with van der Waals surface area (Å²) < 4.78 is 0. The molecule has 14 heteroatoms. The van der Waals surface area contributed by atoms with E-state index in [0.717, 1.165) is 0 Å². The first-order chi connectivity index (χ1) is 20.7. The predicted molar refractivity (Wildman–Crippen MR) is 160 cm³/mol. The Morgan fingerprint density at radius 2 is 1.73 bits per heavy atom. The SMILES string of the molecule is CN(C)c1cc(NC(=O)Nc2ccccc2)c(O)c2c1C[C@H]1C[C@H]3[C@H](N(C)C)C(O)=C(C(N)=O)C(=O)[C@@]3(O)C(N=O)=C1C2=O. The van der Waals surface area contributed by atoms with E-state index in [1.165, 1.54) is 11.0 Å². The van der Waals surface area contributed by atoms with Crippen LogP contribution in [0.1, 0.15) is 22.3 Å². The van der Waals surface area contributed by atoms with Crippen molar-refractivity contribution in [1.29, 1.82) is 0 Å². The van der Waals surface area contributed by atoms with E-state index >= 15 is 0 Å². The van der Waals surface area contributed by atoms with Gasteiger partial charge >= 0.3 is 6.03 Å². The predicted octanol–water partition coefficient (Wildman–Crippen LogP) is 2.04. The van der Waals surface area contributed by atoms with Gasteiger partial charge in [-0.25, -0.2) is 4.79 Å². The van der Waals surface area contributed by atoms with Crippen molar-refractivity contribution in [2.45, 2.75) is 24.5 Å². The first kappa shape index (κ1) is 30.4. The minimum Gasteiger partial charge on any atom is -0.510 e. The standard InChI is InChI=1S/C30H32N6O8/c1-35(2)18-12-17(33-29(42)32-14-8-6-5-7-9-14)23(37)20-15(18)10-13-11-16-22(36(3)4)25(39)21(28(31)41)27(40)30(16,43)26(34-44)19(13)24(20)38/h5-9,12-13,16,22,37,39,43H,10-11H2,1-4H3,(H2,31,41)(H2,32,33,42)/t13-,16-,22-,30-/m0/s1. The van der Waals surface area contributed by atoms with Crippen molar-refractivity contribution in [3.8, 4) is 5.75 Å². The number of amides is 3. The van der Waals surface area contributed by atoms with Gasteiger partial charge < -0.3 is 36.6 Å². The third kappa shape index (κ3) is 4.50. The number of nitroso groups, excluding NO2 is 1. The molecule has 3 aliphatic rings. The zero-order chi connectivity index (χ0) is 32.2. The van der Waals surface area contributed by atoms with Crippen molar-refractivity contribution >= 4 is 40.6 Å². The number of allylic oxidation sites excluding steroid dienone is 1. The lowest BCUT2D eigenvalue weighted by Crippen LogP contribution is -2.63. The molecule has 0 aliphatic heterocycles. The smallest absolute Gasteiger partial charge is 0.323 e. The Labute approximate surface area is 251 Å². The normalized spacial score (nSPS) is 24.4. The van der Waals surface area contributed by atoms with Gasteiger partial charge in [-0.2, -0.15) is 0 Å². The van der Waals surface area contributed by atoms with Crippen LogP contribution in [0.3, 0.4) is 0 Å². The van der Waals surface area contributed by atoms with Crippen LogP contribution in [0.2, 0.25) is 0 Å². The molecule has 230 valence electrons. The molecule has 0 saturated carbocycles. The molecule has 7 N–H and O–H groups in total. The number of nitrogens with two attached hydrogens (primary N) is 1. The molecule has 0 fully saturated rings. The monoisotopic (exact) mass is 604 g/mol. The van der Waals surface area contributed by atoms with Crippen molar-refractivity contribution < 1.29 is 34.5 Å². The Hall–Kier alpha value is -5.08. The van der Waals surface area contributed by atoms with E-state index in [9.17, 15) is 39.4 Å². The molecule has 2 aromatic rings. The number of nitrogens with one attached hydrogen (secondary N) is 2. The van der Waals surface area contributed by atoms with Crippen molar-refractivity contribution in [2.75, 3.05) is 43.7 Å². The fraction of sp³-hybridized carbons (Fsp3) is 0.333. The summed E-state index contributed by atoms with van der Waals surface area (Å²) in [6.45, 7) is 0. The minimum atomic E-state index is -2.77. The van der Waals surface area contributed by atoms with Gasteiger partial charge in [0.15, 0.2) is 17.1 Å². The van der Waals surface area contributed by atoms with Gasteiger partial charge in [0.25, 0.3) is 5.91 Å². The summed E-state index contributed by atoms with van der Waals surface area (Å²) in [6, 6.07) is 8.24. The van der Waals surface area contributed by atoms with Gasteiger partial charge in [0, 0.05) is 37.0 Å². The van der Waals surface area contributed by atoms with E-state index < -0.39 is 69.8 Å². The van der Waals surface area contributed by atoms with Gasteiger partial charge in [0.2, 0.25) is 5.78 Å². The number of aliphatic hydroxyl groups is 2. The highest BCUT2D eigenvalue weighted by atomic mass is 16.3. The molecule has 0 spiro atoms. The molecule has 0 unspecified atom stereocenters. The van der Waals surface area contributed by atoms with Crippen LogP contribution in [-0.4, -0.2) is 83.6 Å². The number of Topliss-reactive ketones (excluding diaryl/α,β-unsaturated/α-hetero) is 2. The molecule has 0 aromatic heterocycles.